The standard InChI is InChI=1S/C31H28F2N4O3S2/c1-17-3-5-18(6-4-17)23-14-21(10-12-25(23)32)28-24(13-20-9-11-22(15-26(20)33)42(2,34)40)29(19-7-8-19)37(36-28)31-35-27(16-41-31)30(38)39/h3-6,9-12,14-16,19,42H,7-8,13H2,1-2H3,(H2,34,40)(H,38,39). The lowest BCUT2D eigenvalue weighted by Gasteiger charge is -2.14. The topological polar surface area (TPSA) is 111 Å². The summed E-state index contributed by atoms with van der Waals surface area (Å²) in [6, 6.07) is 16.7. The summed E-state index contributed by atoms with van der Waals surface area (Å²) < 4.78 is 44.5. The number of thiol groups is 1. The predicted molar refractivity (Wildman–Crippen MR) is 161 cm³/mol. The molecule has 0 bridgehead atoms. The molecule has 1 fully saturated rings. The molecule has 1 aliphatic carbocycles. The number of aromatic carboxylic acids is 1. The van der Waals surface area contributed by atoms with Crippen LogP contribution in [0.3, 0.4) is 0 Å². The number of thiazole rings is 1. The maximum Gasteiger partial charge on any atom is 0.355 e. The highest BCUT2D eigenvalue weighted by atomic mass is 32.3. The van der Waals surface area contributed by atoms with E-state index in [9.17, 15) is 14.1 Å². The van der Waals surface area contributed by atoms with E-state index in [1.54, 1.807) is 28.9 Å². The van der Waals surface area contributed by atoms with E-state index in [4.69, 9.17) is 10.2 Å². The number of hydrogen-bond acceptors (Lipinski definition) is 5. The van der Waals surface area contributed by atoms with Crippen LogP contribution in [-0.4, -0.2) is 36.3 Å². The van der Waals surface area contributed by atoms with E-state index in [0.29, 0.717) is 33.1 Å². The van der Waals surface area contributed by atoms with Gasteiger partial charge >= 0.3 is 5.97 Å². The van der Waals surface area contributed by atoms with Gasteiger partial charge in [0.25, 0.3) is 0 Å². The molecule has 216 valence electrons. The van der Waals surface area contributed by atoms with E-state index in [0.717, 1.165) is 41.0 Å². The van der Waals surface area contributed by atoms with Crippen LogP contribution in [0.4, 0.5) is 8.78 Å². The third kappa shape index (κ3) is 5.42. The molecule has 5 aromatic rings. The van der Waals surface area contributed by atoms with Crippen molar-refractivity contribution in [2.45, 2.75) is 37.0 Å². The van der Waals surface area contributed by atoms with Crippen molar-refractivity contribution < 1.29 is 22.9 Å². The van der Waals surface area contributed by atoms with Crippen LogP contribution in [0.2, 0.25) is 0 Å². The molecule has 2 aromatic heterocycles. The SMILES string of the molecule is Cc1ccc(-c2cc(-c3nn(-c4nc(C(=O)O)cs4)c(C4CC4)c3Cc3ccc([SH](C)(N)=O)cc3F)ccc2F)cc1. The second-order valence-corrected chi connectivity index (χ2v) is 14.1. The molecule has 6 rings (SSSR count). The van der Waals surface area contributed by atoms with Crippen molar-refractivity contribution in [1.29, 1.82) is 0 Å². The van der Waals surface area contributed by atoms with Gasteiger partial charge in [0.15, 0.2) is 5.69 Å². The summed E-state index contributed by atoms with van der Waals surface area (Å²) in [5.41, 5.74) is 5.16. The number of rotatable bonds is 8. The smallest absolute Gasteiger partial charge is 0.355 e. The minimum absolute atomic E-state index is 0.0915. The molecule has 3 N–H and O–H groups in total. The Balaban J connectivity index is 1.54. The molecule has 0 spiro atoms. The second-order valence-electron chi connectivity index (χ2n) is 10.7. The highest BCUT2D eigenvalue weighted by molar-refractivity contribution is 8.00. The maximum atomic E-state index is 15.4. The van der Waals surface area contributed by atoms with Gasteiger partial charge in [-0.15, -0.1) is 11.3 Å². The van der Waals surface area contributed by atoms with Crippen molar-refractivity contribution in [3.63, 3.8) is 0 Å². The number of halogens is 2. The van der Waals surface area contributed by atoms with E-state index in [2.05, 4.69) is 4.98 Å². The fourth-order valence-corrected chi connectivity index (χ4v) is 6.53. The second kappa shape index (κ2) is 10.6. The molecule has 1 saturated carbocycles. The number of benzene rings is 3. The quantitative estimate of drug-likeness (QED) is 0.180. The zero-order valence-corrected chi connectivity index (χ0v) is 24.6. The van der Waals surface area contributed by atoms with E-state index in [1.807, 2.05) is 31.2 Å². The lowest BCUT2D eigenvalue weighted by molar-refractivity contribution is 0.0691. The van der Waals surface area contributed by atoms with Gasteiger partial charge in [-0.25, -0.2) is 23.2 Å². The van der Waals surface area contributed by atoms with Crippen LogP contribution in [0.1, 0.15) is 51.6 Å². The zero-order chi connectivity index (χ0) is 29.8. The number of carboxylic acid groups (broad SMARTS) is 1. The minimum atomic E-state index is -3.15. The maximum absolute atomic E-state index is 15.4. The molecular weight excluding hydrogens is 578 g/mol. The number of carboxylic acids is 1. The third-order valence-corrected chi connectivity index (χ3v) is 9.52. The summed E-state index contributed by atoms with van der Waals surface area (Å²) in [7, 11) is -3.15. The van der Waals surface area contributed by atoms with Crippen molar-refractivity contribution >= 4 is 27.4 Å². The first kappa shape index (κ1) is 28.1. The van der Waals surface area contributed by atoms with Crippen LogP contribution in [0, 0.1) is 18.6 Å². The molecular formula is C31H28F2N4O3S2. The highest BCUT2D eigenvalue weighted by Gasteiger charge is 2.34. The van der Waals surface area contributed by atoms with Crippen molar-refractivity contribution in [3.05, 3.63) is 106 Å². The Hall–Kier alpha value is -4.06. The van der Waals surface area contributed by atoms with Crippen LogP contribution in [-0.2, 0) is 16.5 Å². The van der Waals surface area contributed by atoms with Gasteiger partial charge in [-0.3, -0.25) is 9.35 Å². The zero-order valence-electron chi connectivity index (χ0n) is 22.8. The monoisotopic (exact) mass is 606 g/mol. The minimum Gasteiger partial charge on any atom is -0.476 e. The Morgan fingerprint density at radius 3 is 2.40 bits per heavy atom. The van der Waals surface area contributed by atoms with Gasteiger partial charge in [0.1, 0.15) is 11.6 Å². The number of aromatic nitrogens is 3. The largest absolute Gasteiger partial charge is 0.476 e. The van der Waals surface area contributed by atoms with Gasteiger partial charge in [-0.05, 0) is 71.3 Å². The van der Waals surface area contributed by atoms with Gasteiger partial charge in [-0.2, -0.15) is 5.10 Å². The van der Waals surface area contributed by atoms with Crippen LogP contribution >= 0.6 is 11.3 Å². The first-order valence-corrected chi connectivity index (χ1v) is 16.4. The summed E-state index contributed by atoms with van der Waals surface area (Å²) in [4.78, 5) is 16.1. The van der Waals surface area contributed by atoms with Gasteiger partial charge in [0.2, 0.25) is 5.13 Å². The van der Waals surface area contributed by atoms with E-state index >= 15 is 8.78 Å². The van der Waals surface area contributed by atoms with E-state index < -0.39 is 21.9 Å². The molecule has 0 saturated heterocycles. The molecule has 3 aromatic carbocycles. The van der Waals surface area contributed by atoms with Gasteiger partial charge in [0, 0.05) is 45.6 Å². The van der Waals surface area contributed by atoms with Gasteiger partial charge in [-0.1, -0.05) is 35.9 Å². The molecule has 0 radical (unpaired) electrons. The first-order valence-electron chi connectivity index (χ1n) is 13.3. The Morgan fingerprint density at radius 1 is 1.07 bits per heavy atom. The van der Waals surface area contributed by atoms with Crippen LogP contribution in [0.25, 0.3) is 27.5 Å². The van der Waals surface area contributed by atoms with E-state index in [-0.39, 0.29) is 28.7 Å². The Labute approximate surface area is 246 Å². The molecule has 0 aliphatic heterocycles. The number of hydrogen-bond donors (Lipinski definition) is 3. The third-order valence-electron chi connectivity index (χ3n) is 7.40. The molecule has 7 nitrogen and oxygen atoms in total. The van der Waals surface area contributed by atoms with Crippen molar-refractivity contribution in [2.75, 3.05) is 6.26 Å². The van der Waals surface area contributed by atoms with Gasteiger partial charge < -0.3 is 5.11 Å². The average Bonchev–Trinajstić information content (AvgIpc) is 3.52. The number of carbonyl (C=O) groups is 1. The summed E-state index contributed by atoms with van der Waals surface area (Å²) in [5.74, 6) is -1.95. The lowest BCUT2D eigenvalue weighted by Crippen LogP contribution is -2.21. The fraction of sp³-hybridized carbons (Fsp3) is 0.194. The molecule has 0 amide bonds. The number of nitrogens with zero attached hydrogens (tertiary/aromatic N) is 3. The van der Waals surface area contributed by atoms with Crippen molar-refractivity contribution in [2.24, 2.45) is 5.14 Å². The van der Waals surface area contributed by atoms with Crippen LogP contribution < -0.4 is 5.14 Å². The Bertz CT molecular complexity index is 1890. The molecule has 42 heavy (non-hydrogen) atoms. The molecule has 2 heterocycles. The molecule has 0 unspecified atom stereocenters. The summed E-state index contributed by atoms with van der Waals surface area (Å²) in [5, 5.41) is 22.0. The summed E-state index contributed by atoms with van der Waals surface area (Å²) >= 11 is 1.15. The first-order chi connectivity index (χ1) is 20.0. The normalized spacial score (nSPS) is 13.8. The summed E-state index contributed by atoms with van der Waals surface area (Å²) in [6.07, 6.45) is 3.32. The highest BCUT2D eigenvalue weighted by Crippen LogP contribution is 2.46. The number of nitrogens with two attached hydrogens (primary N) is 1. The molecule has 1 aliphatic rings. The molecule has 11 heteroatoms. The fourth-order valence-electron chi connectivity index (χ4n) is 5.02. The Morgan fingerprint density at radius 2 is 1.79 bits per heavy atom. The Kier molecular flexibility index (Phi) is 7.12. The van der Waals surface area contributed by atoms with E-state index in [1.165, 1.54) is 23.8 Å². The van der Waals surface area contributed by atoms with Gasteiger partial charge in [0.05, 0.1) is 11.4 Å². The predicted octanol–water partition coefficient (Wildman–Crippen LogP) is 6.29. The molecule has 0 atom stereocenters. The van der Waals surface area contributed by atoms with Crippen molar-refractivity contribution in [1.82, 2.24) is 14.8 Å². The van der Waals surface area contributed by atoms with Crippen LogP contribution in [0.15, 0.2) is 70.9 Å². The summed E-state index contributed by atoms with van der Waals surface area (Å²) in [6.45, 7) is 1.96. The average molecular weight is 607 g/mol. The number of aryl methyl sites for hydroxylation is 1. The lowest BCUT2D eigenvalue weighted by atomic mass is 9.94. The van der Waals surface area contributed by atoms with Crippen molar-refractivity contribution in [3.8, 4) is 27.5 Å². The van der Waals surface area contributed by atoms with Crippen LogP contribution in [0.5, 0.6) is 0 Å².